The van der Waals surface area contributed by atoms with Crippen molar-refractivity contribution in [1.82, 2.24) is 15.1 Å². The molecule has 3 nitrogen and oxygen atoms in total. The molecule has 2 aromatic rings. The topological polar surface area (TPSA) is 29.9 Å². The molecule has 0 aliphatic heterocycles. The Kier molecular flexibility index (Phi) is 3.18. The number of thiophene rings is 1. The van der Waals surface area contributed by atoms with Crippen molar-refractivity contribution in [2.45, 2.75) is 32.0 Å². The second-order valence-electron chi connectivity index (χ2n) is 4.37. The second-order valence-corrected chi connectivity index (χ2v) is 6.17. The fourth-order valence-electron chi connectivity index (χ4n) is 1.72. The van der Waals surface area contributed by atoms with Crippen LogP contribution >= 0.6 is 22.9 Å². The SMILES string of the molecule is Clc1ccc(Cn2ccc(CNC3CC3)n2)s1. The van der Waals surface area contributed by atoms with E-state index in [1.165, 1.54) is 17.7 Å². The van der Waals surface area contributed by atoms with Gasteiger partial charge in [0.1, 0.15) is 0 Å². The second kappa shape index (κ2) is 4.80. The van der Waals surface area contributed by atoms with E-state index in [1.807, 2.05) is 16.9 Å². The summed E-state index contributed by atoms with van der Waals surface area (Å²) in [7, 11) is 0. The summed E-state index contributed by atoms with van der Waals surface area (Å²) in [5, 5.41) is 7.99. The summed E-state index contributed by atoms with van der Waals surface area (Å²) >= 11 is 7.51. The van der Waals surface area contributed by atoms with E-state index in [0.29, 0.717) is 0 Å². The molecule has 1 aliphatic rings. The van der Waals surface area contributed by atoms with Crippen molar-refractivity contribution < 1.29 is 0 Å². The van der Waals surface area contributed by atoms with Crippen molar-refractivity contribution in [1.29, 1.82) is 0 Å². The predicted molar refractivity (Wildman–Crippen MR) is 70.5 cm³/mol. The molecule has 3 rings (SSSR count). The van der Waals surface area contributed by atoms with Crippen molar-refractivity contribution in [2.24, 2.45) is 0 Å². The van der Waals surface area contributed by atoms with Gasteiger partial charge in [0.05, 0.1) is 16.6 Å². The minimum absolute atomic E-state index is 0.733. The first-order valence-corrected chi connectivity index (χ1v) is 6.99. The molecule has 0 amide bonds. The maximum absolute atomic E-state index is 5.90. The number of halogens is 1. The third-order valence-electron chi connectivity index (χ3n) is 2.79. The number of hydrogen-bond acceptors (Lipinski definition) is 3. The lowest BCUT2D eigenvalue weighted by Crippen LogP contribution is -2.15. The molecule has 0 atom stereocenters. The van der Waals surface area contributed by atoms with E-state index in [0.717, 1.165) is 29.2 Å². The number of hydrogen-bond donors (Lipinski definition) is 1. The highest BCUT2D eigenvalue weighted by molar-refractivity contribution is 7.16. The van der Waals surface area contributed by atoms with Crippen molar-refractivity contribution in [3.63, 3.8) is 0 Å². The third-order valence-corrected chi connectivity index (χ3v) is 4.01. The fraction of sp³-hybridized carbons (Fsp3) is 0.417. The first kappa shape index (κ1) is 11.3. The van der Waals surface area contributed by atoms with Gasteiger partial charge >= 0.3 is 0 Å². The van der Waals surface area contributed by atoms with Crippen LogP contribution in [-0.4, -0.2) is 15.8 Å². The zero-order valence-corrected chi connectivity index (χ0v) is 11.0. The Bertz CT molecular complexity index is 501. The Labute approximate surface area is 109 Å². The molecule has 90 valence electrons. The molecule has 1 fully saturated rings. The summed E-state index contributed by atoms with van der Waals surface area (Å²) in [5.41, 5.74) is 1.11. The average Bonchev–Trinajstić information content (AvgIpc) is 2.90. The molecule has 2 heterocycles. The Morgan fingerprint density at radius 3 is 3.00 bits per heavy atom. The largest absolute Gasteiger partial charge is 0.308 e. The molecule has 1 aliphatic carbocycles. The van der Waals surface area contributed by atoms with E-state index in [-0.39, 0.29) is 0 Å². The molecular weight excluding hydrogens is 254 g/mol. The van der Waals surface area contributed by atoms with Gasteiger partial charge in [0.15, 0.2) is 0 Å². The monoisotopic (exact) mass is 267 g/mol. The van der Waals surface area contributed by atoms with Crippen LogP contribution in [0.2, 0.25) is 4.34 Å². The normalized spacial score (nSPS) is 15.4. The maximum Gasteiger partial charge on any atom is 0.0931 e. The third kappa shape index (κ3) is 3.09. The highest BCUT2D eigenvalue weighted by Crippen LogP contribution is 2.22. The van der Waals surface area contributed by atoms with Gasteiger partial charge in [0, 0.05) is 23.7 Å². The average molecular weight is 268 g/mol. The molecule has 1 N–H and O–H groups in total. The van der Waals surface area contributed by atoms with Gasteiger partial charge in [-0.1, -0.05) is 11.6 Å². The summed E-state index contributed by atoms with van der Waals surface area (Å²) < 4.78 is 2.80. The minimum Gasteiger partial charge on any atom is -0.308 e. The molecule has 0 bridgehead atoms. The van der Waals surface area contributed by atoms with Gasteiger partial charge in [-0.25, -0.2) is 0 Å². The van der Waals surface area contributed by atoms with Crippen LogP contribution in [0.3, 0.4) is 0 Å². The van der Waals surface area contributed by atoms with E-state index in [1.54, 1.807) is 11.3 Å². The Hall–Kier alpha value is -0.840. The molecule has 0 aromatic carbocycles. The van der Waals surface area contributed by atoms with E-state index >= 15 is 0 Å². The van der Waals surface area contributed by atoms with Crippen molar-refractivity contribution >= 4 is 22.9 Å². The number of nitrogens with zero attached hydrogens (tertiary/aromatic N) is 2. The maximum atomic E-state index is 5.90. The smallest absolute Gasteiger partial charge is 0.0931 e. The van der Waals surface area contributed by atoms with E-state index < -0.39 is 0 Å². The first-order valence-electron chi connectivity index (χ1n) is 5.79. The lowest BCUT2D eigenvalue weighted by atomic mass is 10.4. The molecule has 0 radical (unpaired) electrons. The molecule has 0 saturated heterocycles. The van der Waals surface area contributed by atoms with Crippen molar-refractivity contribution in [3.05, 3.63) is 39.3 Å². The van der Waals surface area contributed by atoms with Crippen LogP contribution in [0.25, 0.3) is 0 Å². The highest BCUT2D eigenvalue weighted by Gasteiger charge is 2.20. The summed E-state index contributed by atoms with van der Waals surface area (Å²) in [6, 6.07) is 6.79. The lowest BCUT2D eigenvalue weighted by molar-refractivity contribution is 0.634. The van der Waals surface area contributed by atoms with Crippen LogP contribution in [0.5, 0.6) is 0 Å². The summed E-state index contributed by atoms with van der Waals surface area (Å²) in [5.74, 6) is 0. The zero-order chi connectivity index (χ0) is 11.7. The molecule has 1 saturated carbocycles. The van der Waals surface area contributed by atoms with Gasteiger partial charge in [-0.05, 0) is 31.0 Å². The van der Waals surface area contributed by atoms with Crippen LogP contribution in [0, 0.1) is 0 Å². The number of aromatic nitrogens is 2. The number of nitrogens with one attached hydrogen (secondary N) is 1. The fourth-order valence-corrected chi connectivity index (χ4v) is 2.80. The van der Waals surface area contributed by atoms with Gasteiger partial charge in [0.25, 0.3) is 0 Å². The first-order chi connectivity index (χ1) is 8.29. The van der Waals surface area contributed by atoms with Crippen LogP contribution in [0.1, 0.15) is 23.4 Å². The number of rotatable bonds is 5. The minimum atomic E-state index is 0.733. The molecule has 2 aromatic heterocycles. The molecule has 5 heteroatoms. The van der Waals surface area contributed by atoms with E-state index in [4.69, 9.17) is 11.6 Å². The van der Waals surface area contributed by atoms with E-state index in [2.05, 4.69) is 22.5 Å². The summed E-state index contributed by atoms with van der Waals surface area (Å²) in [6.07, 6.45) is 4.65. The quantitative estimate of drug-likeness (QED) is 0.903. The zero-order valence-electron chi connectivity index (χ0n) is 9.40. The van der Waals surface area contributed by atoms with Crippen LogP contribution < -0.4 is 5.32 Å². The Morgan fingerprint density at radius 1 is 1.41 bits per heavy atom. The van der Waals surface area contributed by atoms with Crippen molar-refractivity contribution in [3.8, 4) is 0 Å². The Morgan fingerprint density at radius 2 is 2.29 bits per heavy atom. The van der Waals surface area contributed by atoms with Gasteiger partial charge in [-0.3, -0.25) is 4.68 Å². The Balaban J connectivity index is 1.59. The van der Waals surface area contributed by atoms with E-state index in [9.17, 15) is 0 Å². The molecular formula is C12H14ClN3S. The molecule has 0 spiro atoms. The molecule has 0 unspecified atom stereocenters. The van der Waals surface area contributed by atoms with Gasteiger partial charge in [-0.2, -0.15) is 5.10 Å². The van der Waals surface area contributed by atoms with Crippen LogP contribution in [-0.2, 0) is 13.1 Å². The van der Waals surface area contributed by atoms with Crippen molar-refractivity contribution in [2.75, 3.05) is 0 Å². The molecule has 17 heavy (non-hydrogen) atoms. The van der Waals surface area contributed by atoms with Crippen LogP contribution in [0.15, 0.2) is 24.4 Å². The van der Waals surface area contributed by atoms with Gasteiger partial charge in [-0.15, -0.1) is 11.3 Å². The standard InChI is InChI=1S/C12H14ClN3S/c13-12-4-3-11(17-12)8-16-6-5-10(15-16)7-14-9-1-2-9/h3-6,9,14H,1-2,7-8H2. The lowest BCUT2D eigenvalue weighted by Gasteiger charge is -1.99. The predicted octanol–water partition coefficient (Wildman–Crippen LogP) is 2.90. The van der Waals surface area contributed by atoms with Crippen LogP contribution in [0.4, 0.5) is 0 Å². The summed E-state index contributed by atoms with van der Waals surface area (Å²) in [6.45, 7) is 1.68. The summed E-state index contributed by atoms with van der Waals surface area (Å²) in [4.78, 5) is 1.24. The highest BCUT2D eigenvalue weighted by atomic mass is 35.5. The van der Waals surface area contributed by atoms with Gasteiger partial charge < -0.3 is 5.32 Å². The van der Waals surface area contributed by atoms with Gasteiger partial charge in [0.2, 0.25) is 0 Å².